The summed E-state index contributed by atoms with van der Waals surface area (Å²) in [5.41, 5.74) is 1.26. The first-order valence-electron chi connectivity index (χ1n) is 11.9. The van der Waals surface area contributed by atoms with Crippen LogP contribution in [0.1, 0.15) is 37.7 Å². The van der Waals surface area contributed by atoms with Gasteiger partial charge in [0.15, 0.2) is 0 Å². The number of hydrogen-bond donors (Lipinski definition) is 2. The summed E-state index contributed by atoms with van der Waals surface area (Å²) in [5.74, 6) is 1.37. The van der Waals surface area contributed by atoms with E-state index in [0.29, 0.717) is 49.6 Å². The van der Waals surface area contributed by atoms with Crippen molar-refractivity contribution >= 4 is 33.0 Å². The maximum atomic E-state index is 12.8. The molecule has 2 N–H and O–H groups in total. The molecule has 0 spiro atoms. The number of fused-ring (bicyclic) bond motifs is 1. The van der Waals surface area contributed by atoms with E-state index in [4.69, 9.17) is 26.3 Å². The lowest BCUT2D eigenvalue weighted by Gasteiger charge is -2.44. The molecule has 0 radical (unpaired) electrons. The molecule has 34 heavy (non-hydrogen) atoms. The molecule has 1 saturated carbocycles. The summed E-state index contributed by atoms with van der Waals surface area (Å²) in [4.78, 5) is 12.8. The van der Waals surface area contributed by atoms with Crippen molar-refractivity contribution in [3.05, 3.63) is 23.8 Å². The third-order valence-electron chi connectivity index (χ3n) is 7.37. The number of rotatable bonds is 7. The van der Waals surface area contributed by atoms with Crippen molar-refractivity contribution in [2.75, 3.05) is 37.1 Å². The van der Waals surface area contributed by atoms with Gasteiger partial charge in [0.1, 0.15) is 21.7 Å². The van der Waals surface area contributed by atoms with Gasteiger partial charge in [-0.25, -0.2) is 8.42 Å². The fourth-order valence-corrected chi connectivity index (χ4v) is 7.25. The molecule has 2 aliphatic heterocycles. The van der Waals surface area contributed by atoms with Crippen molar-refractivity contribution in [2.24, 2.45) is 17.8 Å². The number of amides is 1. The molecule has 5 atom stereocenters. The summed E-state index contributed by atoms with van der Waals surface area (Å²) in [6.07, 6.45) is 3.37. The smallest absolute Gasteiger partial charge is 0.225 e. The van der Waals surface area contributed by atoms with Crippen LogP contribution in [-0.4, -0.2) is 63.6 Å². The first kappa shape index (κ1) is 25.1. The number of piperidine rings is 1. The first-order chi connectivity index (χ1) is 16.3. The molecule has 186 valence electrons. The SMILES string of the molecule is COc1cc(NCC2CC3CC(Cl)C(OCC4CCS(=O)(=O)CC4)CC3NC2=O)ccc1C#N. The summed E-state index contributed by atoms with van der Waals surface area (Å²) in [6, 6.07) is 7.41. The molecule has 8 nitrogen and oxygen atoms in total. The van der Waals surface area contributed by atoms with Gasteiger partial charge in [-0.2, -0.15) is 5.26 Å². The van der Waals surface area contributed by atoms with Crippen LogP contribution in [0.5, 0.6) is 5.75 Å². The minimum atomic E-state index is -2.88. The Balaban J connectivity index is 1.27. The number of carbonyl (C=O) groups excluding carboxylic acids is 1. The van der Waals surface area contributed by atoms with E-state index in [0.717, 1.165) is 18.5 Å². The standard InChI is InChI=1S/C24H32ClN3O5S/c1-32-22-10-19(3-2-16(22)12-26)27-13-18-8-17-9-20(25)23(11-21(17)28-24(18)29)33-14-15-4-6-34(30,31)7-5-15/h2-3,10,15,17-18,20-21,23,27H,4-9,11,13-14H2,1H3,(H,28,29). The Morgan fingerprint density at radius 2 is 2.00 bits per heavy atom. The monoisotopic (exact) mass is 509 g/mol. The molecule has 10 heteroatoms. The van der Waals surface area contributed by atoms with Crippen LogP contribution in [0.2, 0.25) is 0 Å². The summed E-state index contributed by atoms with van der Waals surface area (Å²) in [5, 5.41) is 15.5. The molecule has 0 bridgehead atoms. The van der Waals surface area contributed by atoms with Gasteiger partial charge in [-0.3, -0.25) is 4.79 Å². The fraction of sp³-hybridized carbons (Fsp3) is 0.667. The van der Waals surface area contributed by atoms with Gasteiger partial charge in [-0.15, -0.1) is 11.6 Å². The Morgan fingerprint density at radius 1 is 1.24 bits per heavy atom. The zero-order chi connectivity index (χ0) is 24.3. The molecule has 1 aromatic rings. The summed E-state index contributed by atoms with van der Waals surface area (Å²) >= 11 is 6.70. The van der Waals surface area contributed by atoms with Crippen LogP contribution in [-0.2, 0) is 19.4 Å². The number of sulfone groups is 1. The topological polar surface area (TPSA) is 118 Å². The Bertz CT molecular complexity index is 1030. The molecular weight excluding hydrogens is 478 g/mol. The van der Waals surface area contributed by atoms with E-state index in [1.54, 1.807) is 12.1 Å². The third kappa shape index (κ3) is 5.96. The highest BCUT2D eigenvalue weighted by Crippen LogP contribution is 2.37. The molecule has 2 heterocycles. The highest BCUT2D eigenvalue weighted by Gasteiger charge is 2.43. The molecule has 4 rings (SSSR count). The summed E-state index contributed by atoms with van der Waals surface area (Å²) in [6.45, 7) is 1.01. The molecule has 1 aromatic carbocycles. The highest BCUT2D eigenvalue weighted by molar-refractivity contribution is 7.91. The number of benzene rings is 1. The number of ether oxygens (including phenoxy) is 2. The van der Waals surface area contributed by atoms with Crippen LogP contribution in [0.15, 0.2) is 18.2 Å². The van der Waals surface area contributed by atoms with Crippen LogP contribution in [0.3, 0.4) is 0 Å². The van der Waals surface area contributed by atoms with E-state index in [9.17, 15) is 13.2 Å². The van der Waals surface area contributed by atoms with Gasteiger partial charge in [-0.1, -0.05) is 0 Å². The van der Waals surface area contributed by atoms with Crippen molar-refractivity contribution in [3.8, 4) is 11.8 Å². The largest absolute Gasteiger partial charge is 0.495 e. The van der Waals surface area contributed by atoms with Gasteiger partial charge in [0.2, 0.25) is 5.91 Å². The average molecular weight is 510 g/mol. The number of nitriles is 1. The second kappa shape index (κ2) is 10.7. The molecule has 2 saturated heterocycles. The van der Waals surface area contributed by atoms with Crippen molar-refractivity contribution in [1.29, 1.82) is 5.26 Å². The number of nitrogens with zero attached hydrogens (tertiary/aromatic N) is 1. The number of methoxy groups -OCH3 is 1. The van der Waals surface area contributed by atoms with Crippen molar-refractivity contribution in [1.82, 2.24) is 5.32 Å². The minimum Gasteiger partial charge on any atom is -0.495 e. The predicted molar refractivity (Wildman–Crippen MR) is 130 cm³/mol. The Labute approximate surface area is 206 Å². The van der Waals surface area contributed by atoms with Crippen LogP contribution >= 0.6 is 11.6 Å². The van der Waals surface area contributed by atoms with Crippen molar-refractivity contribution < 1.29 is 22.7 Å². The van der Waals surface area contributed by atoms with Gasteiger partial charge < -0.3 is 20.1 Å². The number of anilines is 1. The van der Waals surface area contributed by atoms with Crippen LogP contribution in [0, 0.1) is 29.1 Å². The molecule has 5 unspecified atom stereocenters. The lowest BCUT2D eigenvalue weighted by Crippen LogP contribution is -2.56. The van der Waals surface area contributed by atoms with E-state index < -0.39 is 9.84 Å². The van der Waals surface area contributed by atoms with Gasteiger partial charge in [-0.05, 0) is 56.1 Å². The van der Waals surface area contributed by atoms with Crippen molar-refractivity contribution in [3.63, 3.8) is 0 Å². The van der Waals surface area contributed by atoms with Crippen LogP contribution in [0.4, 0.5) is 5.69 Å². The highest BCUT2D eigenvalue weighted by atomic mass is 35.5. The Kier molecular flexibility index (Phi) is 7.90. The number of carbonyl (C=O) groups is 1. The van der Waals surface area contributed by atoms with E-state index in [2.05, 4.69) is 16.7 Å². The quantitative estimate of drug-likeness (QED) is 0.542. The fourth-order valence-electron chi connectivity index (χ4n) is 5.25. The van der Waals surface area contributed by atoms with Gasteiger partial charge >= 0.3 is 0 Å². The third-order valence-corrected chi connectivity index (χ3v) is 9.54. The van der Waals surface area contributed by atoms with Gasteiger partial charge in [0, 0.05) is 30.9 Å². The second-order valence-corrected chi connectivity index (χ2v) is 12.5. The Morgan fingerprint density at radius 3 is 2.71 bits per heavy atom. The van der Waals surface area contributed by atoms with Crippen LogP contribution in [0.25, 0.3) is 0 Å². The molecule has 1 aliphatic carbocycles. The molecule has 0 aromatic heterocycles. The first-order valence-corrected chi connectivity index (χ1v) is 14.1. The molecular formula is C24H32ClN3O5S. The zero-order valence-corrected chi connectivity index (χ0v) is 20.9. The average Bonchev–Trinajstić information content (AvgIpc) is 2.82. The van der Waals surface area contributed by atoms with E-state index in [1.807, 2.05) is 6.07 Å². The van der Waals surface area contributed by atoms with E-state index in [-0.39, 0.29) is 46.8 Å². The lowest BCUT2D eigenvalue weighted by atomic mass is 9.74. The predicted octanol–water partition coefficient (Wildman–Crippen LogP) is 2.71. The van der Waals surface area contributed by atoms with Crippen LogP contribution < -0.4 is 15.4 Å². The molecule has 3 fully saturated rings. The van der Waals surface area contributed by atoms with E-state index >= 15 is 0 Å². The summed E-state index contributed by atoms with van der Waals surface area (Å²) < 4.78 is 34.6. The summed E-state index contributed by atoms with van der Waals surface area (Å²) in [7, 11) is -1.35. The molecule has 1 amide bonds. The Hall–Kier alpha value is -2.02. The number of halogens is 1. The minimum absolute atomic E-state index is 0.0265. The zero-order valence-electron chi connectivity index (χ0n) is 19.3. The lowest BCUT2D eigenvalue weighted by molar-refractivity contribution is -0.130. The molecule has 3 aliphatic rings. The maximum Gasteiger partial charge on any atom is 0.225 e. The normalized spacial score (nSPS) is 31.1. The van der Waals surface area contributed by atoms with Gasteiger partial charge in [0.25, 0.3) is 0 Å². The second-order valence-electron chi connectivity index (χ2n) is 9.67. The number of nitrogens with one attached hydrogen (secondary N) is 2. The van der Waals surface area contributed by atoms with Gasteiger partial charge in [0.05, 0.1) is 41.6 Å². The number of hydrogen-bond acceptors (Lipinski definition) is 7. The maximum absolute atomic E-state index is 12.8. The van der Waals surface area contributed by atoms with E-state index in [1.165, 1.54) is 7.11 Å². The number of alkyl halides is 1. The van der Waals surface area contributed by atoms with Crippen molar-refractivity contribution in [2.45, 2.75) is 49.6 Å².